The summed E-state index contributed by atoms with van der Waals surface area (Å²) in [5, 5.41) is 0. The van der Waals surface area contributed by atoms with E-state index in [1.54, 1.807) is 6.08 Å². The molecule has 1 aliphatic carbocycles. The molecule has 14 heavy (non-hydrogen) atoms. The Labute approximate surface area is 86.2 Å². The number of allylic oxidation sites excluding steroid dienone is 6. The number of hydrogen-bond donors (Lipinski definition) is 0. The van der Waals surface area contributed by atoms with Gasteiger partial charge in [-0.1, -0.05) is 37.6 Å². The van der Waals surface area contributed by atoms with Crippen LogP contribution in [0.25, 0.3) is 0 Å². The van der Waals surface area contributed by atoms with Crippen molar-refractivity contribution in [2.24, 2.45) is 5.41 Å². The summed E-state index contributed by atoms with van der Waals surface area (Å²) in [6.07, 6.45) is 10.6. The summed E-state index contributed by atoms with van der Waals surface area (Å²) in [4.78, 5) is 10.1. The highest BCUT2D eigenvalue weighted by molar-refractivity contribution is 5.65. The van der Waals surface area contributed by atoms with Crippen molar-refractivity contribution >= 4 is 6.29 Å². The van der Waals surface area contributed by atoms with Crippen LogP contribution in [0.3, 0.4) is 0 Å². The van der Waals surface area contributed by atoms with Gasteiger partial charge in [0.1, 0.15) is 6.29 Å². The molecule has 0 bridgehead atoms. The quantitative estimate of drug-likeness (QED) is 0.378. The van der Waals surface area contributed by atoms with Gasteiger partial charge in [-0.05, 0) is 36.8 Å². The molecule has 0 radical (unpaired) electrons. The van der Waals surface area contributed by atoms with Gasteiger partial charge in [0, 0.05) is 0 Å². The third kappa shape index (κ3) is 2.44. The molecular formula is C13H18O. The fourth-order valence-corrected chi connectivity index (χ4v) is 1.98. The average molecular weight is 190 g/mol. The molecule has 1 heteroatoms. The van der Waals surface area contributed by atoms with Gasteiger partial charge >= 0.3 is 0 Å². The van der Waals surface area contributed by atoms with E-state index < -0.39 is 0 Å². The van der Waals surface area contributed by atoms with Crippen molar-refractivity contribution in [2.75, 3.05) is 0 Å². The third-order valence-electron chi connectivity index (χ3n) is 2.88. The Morgan fingerprint density at radius 2 is 1.93 bits per heavy atom. The molecule has 0 fully saturated rings. The molecule has 0 saturated heterocycles. The van der Waals surface area contributed by atoms with E-state index in [0.29, 0.717) is 5.41 Å². The summed E-state index contributed by atoms with van der Waals surface area (Å²) in [6, 6.07) is 0. The van der Waals surface area contributed by atoms with Crippen LogP contribution in [0.15, 0.2) is 35.5 Å². The maximum Gasteiger partial charge on any atom is 0.142 e. The largest absolute Gasteiger partial charge is 0.299 e. The van der Waals surface area contributed by atoms with Crippen molar-refractivity contribution in [1.29, 1.82) is 0 Å². The minimum Gasteiger partial charge on any atom is -0.299 e. The van der Waals surface area contributed by atoms with Crippen LogP contribution in [0.1, 0.15) is 33.6 Å². The zero-order valence-electron chi connectivity index (χ0n) is 9.21. The standard InChI is InChI=1S/C13H18O/c1-11-8-9-13(2,3)12(11)7-5-4-6-10-14/h4-7,10H,8-9H2,1-3H3/b6-4+,7-5+. The van der Waals surface area contributed by atoms with Gasteiger partial charge in [-0.2, -0.15) is 0 Å². The minimum atomic E-state index is 0.301. The monoisotopic (exact) mass is 190 g/mol. The van der Waals surface area contributed by atoms with Gasteiger partial charge in [0.2, 0.25) is 0 Å². The molecule has 0 saturated carbocycles. The number of carbonyl (C=O) groups excluding carboxylic acids is 1. The van der Waals surface area contributed by atoms with Crippen LogP contribution < -0.4 is 0 Å². The highest BCUT2D eigenvalue weighted by Gasteiger charge is 2.28. The van der Waals surface area contributed by atoms with E-state index >= 15 is 0 Å². The molecular weight excluding hydrogens is 172 g/mol. The molecule has 0 spiro atoms. The van der Waals surface area contributed by atoms with Gasteiger partial charge in [-0.15, -0.1) is 0 Å². The number of aldehydes is 1. The lowest BCUT2D eigenvalue weighted by molar-refractivity contribution is -0.104. The zero-order chi connectivity index (χ0) is 10.6. The van der Waals surface area contributed by atoms with Gasteiger partial charge in [0.05, 0.1) is 0 Å². The van der Waals surface area contributed by atoms with E-state index in [1.807, 2.05) is 6.08 Å². The lowest BCUT2D eigenvalue weighted by Crippen LogP contribution is -2.07. The van der Waals surface area contributed by atoms with Crippen molar-refractivity contribution in [3.8, 4) is 0 Å². The SMILES string of the molecule is CC1=C(/C=C/C=C/C=O)C(C)(C)CC1. The number of rotatable bonds is 3. The first kappa shape index (κ1) is 11.0. The van der Waals surface area contributed by atoms with Crippen LogP contribution in [0, 0.1) is 5.41 Å². The number of carbonyl (C=O) groups is 1. The van der Waals surface area contributed by atoms with Crippen molar-refractivity contribution in [3.05, 3.63) is 35.5 Å². The van der Waals surface area contributed by atoms with Crippen molar-refractivity contribution in [2.45, 2.75) is 33.6 Å². The van der Waals surface area contributed by atoms with E-state index in [1.165, 1.54) is 30.1 Å². The summed E-state index contributed by atoms with van der Waals surface area (Å²) >= 11 is 0. The second-order valence-electron chi connectivity index (χ2n) is 4.46. The van der Waals surface area contributed by atoms with E-state index in [0.717, 1.165) is 6.29 Å². The van der Waals surface area contributed by atoms with E-state index in [9.17, 15) is 4.79 Å². The molecule has 1 rings (SSSR count). The summed E-state index contributed by atoms with van der Waals surface area (Å²) in [6.45, 7) is 6.73. The highest BCUT2D eigenvalue weighted by atomic mass is 16.1. The summed E-state index contributed by atoms with van der Waals surface area (Å²) in [5.74, 6) is 0. The Hall–Kier alpha value is -1.11. The van der Waals surface area contributed by atoms with Gasteiger partial charge in [0.15, 0.2) is 0 Å². The van der Waals surface area contributed by atoms with Crippen LogP contribution in [-0.2, 0) is 4.79 Å². The molecule has 1 aliphatic rings. The normalized spacial score (nSPS) is 21.4. The van der Waals surface area contributed by atoms with Crippen LogP contribution in [0.5, 0.6) is 0 Å². The Morgan fingerprint density at radius 1 is 1.21 bits per heavy atom. The molecule has 0 atom stereocenters. The van der Waals surface area contributed by atoms with Crippen LogP contribution >= 0.6 is 0 Å². The Kier molecular flexibility index (Phi) is 3.45. The molecule has 0 heterocycles. The zero-order valence-corrected chi connectivity index (χ0v) is 9.21. The molecule has 0 aromatic rings. The van der Waals surface area contributed by atoms with Crippen LogP contribution in [-0.4, -0.2) is 6.29 Å². The van der Waals surface area contributed by atoms with Gasteiger partial charge in [-0.3, -0.25) is 4.79 Å². The maximum absolute atomic E-state index is 10.1. The molecule has 0 N–H and O–H groups in total. The fourth-order valence-electron chi connectivity index (χ4n) is 1.98. The topological polar surface area (TPSA) is 17.1 Å². The first-order valence-electron chi connectivity index (χ1n) is 5.06. The van der Waals surface area contributed by atoms with Crippen LogP contribution in [0.2, 0.25) is 0 Å². The van der Waals surface area contributed by atoms with Crippen LogP contribution in [0.4, 0.5) is 0 Å². The summed E-state index contributed by atoms with van der Waals surface area (Å²) in [7, 11) is 0. The van der Waals surface area contributed by atoms with Crippen molar-refractivity contribution in [1.82, 2.24) is 0 Å². The van der Waals surface area contributed by atoms with E-state index in [-0.39, 0.29) is 0 Å². The third-order valence-corrected chi connectivity index (χ3v) is 2.88. The first-order valence-corrected chi connectivity index (χ1v) is 5.06. The average Bonchev–Trinajstić information content (AvgIpc) is 2.38. The Morgan fingerprint density at radius 3 is 2.43 bits per heavy atom. The predicted molar refractivity (Wildman–Crippen MR) is 60.1 cm³/mol. The van der Waals surface area contributed by atoms with Gasteiger partial charge in [-0.25, -0.2) is 0 Å². The van der Waals surface area contributed by atoms with Crippen molar-refractivity contribution in [3.63, 3.8) is 0 Å². The molecule has 0 aliphatic heterocycles. The first-order chi connectivity index (χ1) is 6.58. The minimum absolute atomic E-state index is 0.301. The molecule has 1 nitrogen and oxygen atoms in total. The fraction of sp³-hybridized carbons (Fsp3) is 0.462. The predicted octanol–water partition coefficient (Wildman–Crippen LogP) is 3.43. The lowest BCUT2D eigenvalue weighted by atomic mass is 9.85. The van der Waals surface area contributed by atoms with E-state index in [4.69, 9.17) is 0 Å². The second kappa shape index (κ2) is 4.41. The van der Waals surface area contributed by atoms with Gasteiger partial charge < -0.3 is 0 Å². The summed E-state index contributed by atoms with van der Waals surface area (Å²) in [5.41, 5.74) is 3.20. The molecule has 0 aromatic carbocycles. The summed E-state index contributed by atoms with van der Waals surface area (Å²) < 4.78 is 0. The molecule has 0 amide bonds. The highest BCUT2D eigenvalue weighted by Crippen LogP contribution is 2.42. The number of hydrogen-bond acceptors (Lipinski definition) is 1. The Balaban J connectivity index is 2.76. The lowest BCUT2D eigenvalue weighted by Gasteiger charge is -2.19. The Bertz CT molecular complexity index is 303. The van der Waals surface area contributed by atoms with Gasteiger partial charge in [0.25, 0.3) is 0 Å². The smallest absolute Gasteiger partial charge is 0.142 e. The maximum atomic E-state index is 10.1. The molecule has 0 unspecified atom stereocenters. The molecule has 0 aromatic heterocycles. The molecule has 76 valence electrons. The van der Waals surface area contributed by atoms with E-state index in [2.05, 4.69) is 26.8 Å². The van der Waals surface area contributed by atoms with Crippen molar-refractivity contribution < 1.29 is 4.79 Å². The second-order valence-corrected chi connectivity index (χ2v) is 4.46.